The highest BCUT2D eigenvalue weighted by Crippen LogP contribution is 2.16. The summed E-state index contributed by atoms with van der Waals surface area (Å²) in [6.45, 7) is -2.74. The Morgan fingerprint density at radius 2 is 1.92 bits per heavy atom. The highest BCUT2D eigenvalue weighted by atomic mass is 19.3. The van der Waals surface area contributed by atoms with E-state index in [1.165, 1.54) is 17.0 Å². The van der Waals surface area contributed by atoms with Gasteiger partial charge in [-0.05, 0) is 35.9 Å². The highest BCUT2D eigenvalue weighted by Gasteiger charge is 2.11. The number of ether oxygens (including phenoxy) is 2. The fourth-order valence-corrected chi connectivity index (χ4v) is 2.05. The summed E-state index contributed by atoms with van der Waals surface area (Å²) in [5.41, 5.74) is 1.22. The first-order valence-electron chi connectivity index (χ1n) is 7.38. The van der Waals surface area contributed by atoms with Crippen molar-refractivity contribution in [3.05, 3.63) is 59.7 Å². The zero-order chi connectivity index (χ0) is 18.2. The molecule has 0 aliphatic rings. The molecule has 2 aromatic rings. The van der Waals surface area contributed by atoms with Gasteiger partial charge in [0, 0.05) is 13.6 Å². The molecule has 0 heterocycles. The van der Waals surface area contributed by atoms with E-state index >= 15 is 0 Å². The fraction of sp³-hybridized carbons (Fsp3) is 0.222. The molecule has 0 aromatic heterocycles. The van der Waals surface area contributed by atoms with Crippen LogP contribution in [0.15, 0.2) is 48.5 Å². The van der Waals surface area contributed by atoms with Gasteiger partial charge in [-0.2, -0.15) is 14.0 Å². The minimum atomic E-state index is -2.87. The number of halogens is 2. The Morgan fingerprint density at radius 3 is 2.56 bits per heavy atom. The molecule has 0 fully saturated rings. The van der Waals surface area contributed by atoms with Crippen LogP contribution in [0, 0.1) is 11.3 Å². The van der Waals surface area contributed by atoms with Crippen molar-refractivity contribution in [2.75, 3.05) is 13.7 Å². The molecule has 0 unspecified atom stereocenters. The molecule has 0 saturated heterocycles. The summed E-state index contributed by atoms with van der Waals surface area (Å²) in [6.07, 6.45) is 0. The van der Waals surface area contributed by atoms with E-state index in [0.717, 1.165) is 5.56 Å². The molecule has 25 heavy (non-hydrogen) atoms. The normalized spacial score (nSPS) is 10.2. The molecular weight excluding hydrogens is 330 g/mol. The summed E-state index contributed by atoms with van der Waals surface area (Å²) in [4.78, 5) is 13.6. The van der Waals surface area contributed by atoms with Gasteiger partial charge in [-0.1, -0.05) is 18.2 Å². The summed E-state index contributed by atoms with van der Waals surface area (Å²) in [7, 11) is 1.61. The van der Waals surface area contributed by atoms with E-state index in [1.54, 1.807) is 43.4 Å². The van der Waals surface area contributed by atoms with Crippen LogP contribution in [0.1, 0.15) is 11.1 Å². The molecule has 2 aromatic carbocycles. The molecule has 0 radical (unpaired) electrons. The fourth-order valence-electron chi connectivity index (χ4n) is 2.05. The Balaban J connectivity index is 1.86. The summed E-state index contributed by atoms with van der Waals surface area (Å²) in [5, 5.41) is 8.83. The maximum absolute atomic E-state index is 12.1. The molecule has 7 heteroatoms. The van der Waals surface area contributed by atoms with Crippen LogP contribution < -0.4 is 9.47 Å². The first-order chi connectivity index (χ1) is 12.0. The lowest BCUT2D eigenvalue weighted by Gasteiger charge is -2.18. The van der Waals surface area contributed by atoms with Gasteiger partial charge in [0.25, 0.3) is 5.91 Å². The zero-order valence-corrected chi connectivity index (χ0v) is 13.5. The van der Waals surface area contributed by atoms with Crippen LogP contribution in [-0.4, -0.2) is 31.1 Å². The predicted octanol–water partition coefficient (Wildman–Crippen LogP) is 3.20. The molecule has 0 atom stereocenters. The molecule has 0 spiro atoms. The van der Waals surface area contributed by atoms with Crippen molar-refractivity contribution in [1.29, 1.82) is 5.26 Å². The van der Waals surface area contributed by atoms with Gasteiger partial charge in [-0.25, -0.2) is 0 Å². The lowest BCUT2D eigenvalue weighted by Crippen LogP contribution is -2.30. The van der Waals surface area contributed by atoms with Gasteiger partial charge in [-0.3, -0.25) is 4.79 Å². The monoisotopic (exact) mass is 346 g/mol. The van der Waals surface area contributed by atoms with Gasteiger partial charge < -0.3 is 14.4 Å². The topological polar surface area (TPSA) is 62.6 Å². The maximum atomic E-state index is 12.1. The van der Waals surface area contributed by atoms with Gasteiger partial charge in [-0.15, -0.1) is 0 Å². The Bertz CT molecular complexity index is 758. The van der Waals surface area contributed by atoms with E-state index in [2.05, 4.69) is 4.74 Å². The Kier molecular flexibility index (Phi) is 6.29. The molecule has 0 bridgehead atoms. The average molecular weight is 346 g/mol. The standard InChI is InChI=1S/C18H16F2N2O3/c1-22(11-13-5-7-15(8-6-13)25-18(19)20)17(23)12-24-16-4-2-3-14(9-16)10-21/h2-9,18H,11-12H2,1H3. The number of hydrogen-bond donors (Lipinski definition) is 0. The van der Waals surface area contributed by atoms with Crippen LogP contribution in [0.2, 0.25) is 0 Å². The molecule has 130 valence electrons. The zero-order valence-electron chi connectivity index (χ0n) is 13.5. The Labute approximate surface area is 144 Å². The van der Waals surface area contributed by atoms with Crippen LogP contribution in [0.4, 0.5) is 8.78 Å². The number of nitrogens with zero attached hydrogens (tertiary/aromatic N) is 2. The SMILES string of the molecule is CN(Cc1ccc(OC(F)F)cc1)C(=O)COc1cccc(C#N)c1. The second-order valence-electron chi connectivity index (χ2n) is 5.20. The van der Waals surface area contributed by atoms with Crippen molar-refractivity contribution in [1.82, 2.24) is 4.90 Å². The van der Waals surface area contributed by atoms with Crippen LogP contribution in [0.3, 0.4) is 0 Å². The van der Waals surface area contributed by atoms with Gasteiger partial charge in [0.2, 0.25) is 0 Å². The number of benzene rings is 2. The summed E-state index contributed by atoms with van der Waals surface area (Å²) < 4.78 is 33.9. The number of hydrogen-bond acceptors (Lipinski definition) is 4. The van der Waals surface area contributed by atoms with Crippen molar-refractivity contribution in [2.24, 2.45) is 0 Å². The van der Waals surface area contributed by atoms with Gasteiger partial charge in [0.15, 0.2) is 6.61 Å². The predicted molar refractivity (Wildman–Crippen MR) is 86.2 cm³/mol. The minimum Gasteiger partial charge on any atom is -0.484 e. The number of likely N-dealkylation sites (N-methyl/N-ethyl adjacent to an activating group) is 1. The summed E-state index contributed by atoms with van der Waals surface area (Å²) in [5.74, 6) is 0.248. The second kappa shape index (κ2) is 8.64. The van der Waals surface area contributed by atoms with Gasteiger partial charge >= 0.3 is 6.61 Å². The van der Waals surface area contributed by atoms with E-state index < -0.39 is 6.61 Å². The number of carbonyl (C=O) groups is 1. The lowest BCUT2D eigenvalue weighted by atomic mass is 10.2. The van der Waals surface area contributed by atoms with Crippen molar-refractivity contribution in [3.8, 4) is 17.6 Å². The smallest absolute Gasteiger partial charge is 0.387 e. The van der Waals surface area contributed by atoms with Gasteiger partial charge in [0.05, 0.1) is 11.6 Å². The van der Waals surface area contributed by atoms with E-state index in [0.29, 0.717) is 17.9 Å². The molecule has 0 aliphatic carbocycles. The van der Waals surface area contributed by atoms with Crippen LogP contribution in [-0.2, 0) is 11.3 Å². The third-order valence-corrected chi connectivity index (χ3v) is 3.32. The van der Waals surface area contributed by atoms with E-state index in [4.69, 9.17) is 10.00 Å². The van der Waals surface area contributed by atoms with Crippen molar-refractivity contribution in [2.45, 2.75) is 13.2 Å². The molecule has 2 rings (SSSR count). The number of rotatable bonds is 7. The van der Waals surface area contributed by atoms with E-state index in [-0.39, 0.29) is 18.3 Å². The molecule has 1 amide bonds. The number of alkyl halides is 2. The molecule has 0 aliphatic heterocycles. The molecule has 0 saturated carbocycles. The first kappa shape index (κ1) is 18.2. The third kappa shape index (κ3) is 5.77. The van der Waals surface area contributed by atoms with Crippen molar-refractivity contribution in [3.63, 3.8) is 0 Å². The molecule has 0 N–H and O–H groups in total. The largest absolute Gasteiger partial charge is 0.484 e. The maximum Gasteiger partial charge on any atom is 0.387 e. The van der Waals surface area contributed by atoms with Crippen molar-refractivity contribution < 1.29 is 23.0 Å². The quantitative estimate of drug-likeness (QED) is 0.772. The first-order valence-corrected chi connectivity index (χ1v) is 7.38. The second-order valence-corrected chi connectivity index (χ2v) is 5.20. The molecule has 5 nitrogen and oxygen atoms in total. The van der Waals surface area contributed by atoms with Crippen LogP contribution in [0.5, 0.6) is 11.5 Å². The minimum absolute atomic E-state index is 0.0634. The summed E-state index contributed by atoms with van der Waals surface area (Å²) >= 11 is 0. The summed E-state index contributed by atoms with van der Waals surface area (Å²) in [6, 6.07) is 14.6. The van der Waals surface area contributed by atoms with Crippen LogP contribution in [0.25, 0.3) is 0 Å². The van der Waals surface area contributed by atoms with E-state index in [9.17, 15) is 13.6 Å². The molecular formula is C18H16F2N2O3. The highest BCUT2D eigenvalue weighted by molar-refractivity contribution is 5.77. The van der Waals surface area contributed by atoms with E-state index in [1.807, 2.05) is 6.07 Å². The van der Waals surface area contributed by atoms with Crippen LogP contribution >= 0.6 is 0 Å². The number of carbonyl (C=O) groups excluding carboxylic acids is 1. The third-order valence-electron chi connectivity index (χ3n) is 3.32. The van der Waals surface area contributed by atoms with Crippen molar-refractivity contribution >= 4 is 5.91 Å². The Hall–Kier alpha value is -3.14. The lowest BCUT2D eigenvalue weighted by molar-refractivity contribution is -0.132. The average Bonchev–Trinajstić information content (AvgIpc) is 2.61. The number of amides is 1. The van der Waals surface area contributed by atoms with Gasteiger partial charge in [0.1, 0.15) is 11.5 Å². The Morgan fingerprint density at radius 1 is 1.20 bits per heavy atom. The number of nitriles is 1.